The van der Waals surface area contributed by atoms with E-state index in [0.29, 0.717) is 6.42 Å². The molecule has 0 amide bonds. The van der Waals surface area contributed by atoms with Crippen molar-refractivity contribution >= 4 is 39.8 Å². The lowest BCUT2D eigenvalue weighted by atomic mass is 9.92. The molecule has 0 saturated heterocycles. The number of aromatic nitrogens is 1. The number of fused-ring (bicyclic) bond motifs is 1. The highest BCUT2D eigenvalue weighted by Crippen LogP contribution is 2.50. The largest absolute Gasteiger partial charge is 0.303 e. The molecule has 3 rings (SSSR count). The van der Waals surface area contributed by atoms with Crippen LogP contribution < -0.4 is 0 Å². The van der Waals surface area contributed by atoms with Crippen LogP contribution in [0.1, 0.15) is 24.8 Å². The second kappa shape index (κ2) is 4.05. The van der Waals surface area contributed by atoms with Crippen molar-refractivity contribution in [1.82, 2.24) is 4.98 Å². The number of rotatable bonds is 3. The monoisotopic (exact) mass is 337 g/mol. The summed E-state index contributed by atoms with van der Waals surface area (Å²) < 4.78 is 1.01. The zero-order valence-corrected chi connectivity index (χ0v) is 11.5. The molecule has 1 aliphatic rings. The lowest BCUT2D eigenvalue weighted by molar-refractivity contribution is -0.108. The lowest BCUT2D eigenvalue weighted by Crippen LogP contribution is -2.06. The molecule has 1 heterocycles. The van der Waals surface area contributed by atoms with E-state index in [1.165, 1.54) is 10.9 Å². The van der Waals surface area contributed by atoms with Crippen LogP contribution in [0.25, 0.3) is 10.9 Å². The van der Waals surface area contributed by atoms with Crippen molar-refractivity contribution in [1.29, 1.82) is 0 Å². The van der Waals surface area contributed by atoms with Gasteiger partial charge in [-0.15, -0.1) is 0 Å². The second-order valence-electron chi connectivity index (χ2n) is 4.69. The fourth-order valence-corrected chi connectivity index (χ4v) is 2.79. The summed E-state index contributed by atoms with van der Waals surface area (Å²) in [5, 5.41) is 1.17. The zero-order chi connectivity index (χ0) is 11.9. The van der Waals surface area contributed by atoms with E-state index in [0.717, 1.165) is 28.3 Å². The SMILES string of the molecule is O=CCC1(c2ccc3nc(I)ccc3c2)CC1. The maximum absolute atomic E-state index is 10.7. The first-order valence-electron chi connectivity index (χ1n) is 5.74. The average molecular weight is 337 g/mol. The number of halogens is 1. The number of hydrogen-bond donors (Lipinski definition) is 0. The molecular formula is C14H12INO. The molecule has 1 aliphatic carbocycles. The number of hydrogen-bond acceptors (Lipinski definition) is 2. The Morgan fingerprint density at radius 2 is 2.12 bits per heavy atom. The van der Waals surface area contributed by atoms with Crippen LogP contribution in [0, 0.1) is 3.70 Å². The van der Waals surface area contributed by atoms with E-state index in [4.69, 9.17) is 0 Å². The van der Waals surface area contributed by atoms with Crippen LogP contribution in [0.2, 0.25) is 0 Å². The van der Waals surface area contributed by atoms with Crippen molar-refractivity contribution in [3.8, 4) is 0 Å². The third-order valence-electron chi connectivity index (χ3n) is 3.60. The van der Waals surface area contributed by atoms with E-state index in [2.05, 4.69) is 51.8 Å². The van der Waals surface area contributed by atoms with Crippen LogP contribution in [0.3, 0.4) is 0 Å². The highest BCUT2D eigenvalue weighted by molar-refractivity contribution is 14.1. The maximum Gasteiger partial charge on any atom is 0.120 e. The minimum Gasteiger partial charge on any atom is -0.303 e. The van der Waals surface area contributed by atoms with Crippen LogP contribution in [0.15, 0.2) is 30.3 Å². The van der Waals surface area contributed by atoms with Gasteiger partial charge in [0.15, 0.2) is 0 Å². The number of benzene rings is 1. The van der Waals surface area contributed by atoms with E-state index < -0.39 is 0 Å². The number of carbonyl (C=O) groups is 1. The van der Waals surface area contributed by atoms with Crippen LogP contribution in [-0.2, 0) is 10.2 Å². The smallest absolute Gasteiger partial charge is 0.120 e. The van der Waals surface area contributed by atoms with Crippen molar-refractivity contribution in [3.63, 3.8) is 0 Å². The Morgan fingerprint density at radius 3 is 2.82 bits per heavy atom. The Bertz CT molecular complexity index is 590. The average Bonchev–Trinajstić information content (AvgIpc) is 3.10. The highest BCUT2D eigenvalue weighted by atomic mass is 127. The third kappa shape index (κ3) is 1.97. The number of aldehydes is 1. The summed E-state index contributed by atoms with van der Waals surface area (Å²) in [6, 6.07) is 10.5. The Morgan fingerprint density at radius 1 is 1.29 bits per heavy atom. The standard InChI is InChI=1S/C14H12INO/c15-13-4-1-10-9-11(2-3-12(10)16-13)14(5-6-14)7-8-17/h1-4,8-9H,5-7H2. The molecule has 1 fully saturated rings. The molecule has 1 saturated carbocycles. The van der Waals surface area contributed by atoms with Gasteiger partial charge in [-0.05, 0) is 59.2 Å². The van der Waals surface area contributed by atoms with Gasteiger partial charge in [0.2, 0.25) is 0 Å². The lowest BCUT2D eigenvalue weighted by Gasteiger charge is -2.12. The van der Waals surface area contributed by atoms with Crippen LogP contribution in [0.4, 0.5) is 0 Å². The predicted octanol–water partition coefficient (Wildman–Crippen LogP) is 3.46. The molecule has 0 atom stereocenters. The van der Waals surface area contributed by atoms with Gasteiger partial charge >= 0.3 is 0 Å². The van der Waals surface area contributed by atoms with Crippen LogP contribution in [0.5, 0.6) is 0 Å². The summed E-state index contributed by atoms with van der Waals surface area (Å²) in [7, 11) is 0. The Labute approximate surface area is 114 Å². The van der Waals surface area contributed by atoms with E-state index in [-0.39, 0.29) is 5.41 Å². The van der Waals surface area contributed by atoms with Gasteiger partial charge in [0.25, 0.3) is 0 Å². The third-order valence-corrected chi connectivity index (χ3v) is 4.20. The maximum atomic E-state index is 10.7. The molecule has 1 aromatic heterocycles. The molecule has 0 unspecified atom stereocenters. The first-order chi connectivity index (χ1) is 8.23. The summed E-state index contributed by atoms with van der Waals surface area (Å²) in [5.41, 5.74) is 2.46. The first-order valence-corrected chi connectivity index (χ1v) is 6.82. The first kappa shape index (κ1) is 11.1. The van der Waals surface area contributed by atoms with Gasteiger partial charge in [-0.1, -0.05) is 12.1 Å². The van der Waals surface area contributed by atoms with Crippen molar-refractivity contribution in [2.45, 2.75) is 24.7 Å². The zero-order valence-electron chi connectivity index (χ0n) is 9.32. The van der Waals surface area contributed by atoms with Crippen LogP contribution >= 0.6 is 22.6 Å². The molecule has 0 radical (unpaired) electrons. The van der Waals surface area contributed by atoms with E-state index in [9.17, 15) is 4.79 Å². The number of carbonyl (C=O) groups excluding carboxylic acids is 1. The molecule has 86 valence electrons. The van der Waals surface area contributed by atoms with Crippen molar-refractivity contribution in [3.05, 3.63) is 39.6 Å². The molecule has 0 spiro atoms. The summed E-state index contributed by atoms with van der Waals surface area (Å²) >= 11 is 2.22. The molecule has 1 aromatic carbocycles. The molecule has 0 aliphatic heterocycles. The molecule has 2 nitrogen and oxygen atoms in total. The van der Waals surface area contributed by atoms with Gasteiger partial charge in [-0.2, -0.15) is 0 Å². The Kier molecular flexibility index (Phi) is 2.65. The molecule has 0 N–H and O–H groups in total. The number of nitrogens with zero attached hydrogens (tertiary/aromatic N) is 1. The summed E-state index contributed by atoms with van der Waals surface area (Å²) in [6.45, 7) is 0. The van der Waals surface area contributed by atoms with Gasteiger partial charge in [-0.25, -0.2) is 4.98 Å². The Balaban J connectivity index is 2.08. The van der Waals surface area contributed by atoms with Crippen molar-refractivity contribution in [2.75, 3.05) is 0 Å². The van der Waals surface area contributed by atoms with E-state index in [1.807, 2.05) is 6.07 Å². The number of pyridine rings is 1. The molecular weight excluding hydrogens is 325 g/mol. The molecule has 0 bridgehead atoms. The van der Waals surface area contributed by atoms with E-state index in [1.54, 1.807) is 0 Å². The predicted molar refractivity (Wildman–Crippen MR) is 76.1 cm³/mol. The minimum absolute atomic E-state index is 0.138. The normalized spacial score (nSPS) is 17.0. The van der Waals surface area contributed by atoms with Gasteiger partial charge in [0.05, 0.1) is 5.52 Å². The van der Waals surface area contributed by atoms with Gasteiger partial charge in [0, 0.05) is 17.2 Å². The Hall–Kier alpha value is -0.970. The quantitative estimate of drug-likeness (QED) is 0.488. The van der Waals surface area contributed by atoms with Crippen LogP contribution in [-0.4, -0.2) is 11.3 Å². The summed E-state index contributed by atoms with van der Waals surface area (Å²) in [6.07, 6.45) is 3.96. The molecule has 2 aromatic rings. The van der Waals surface area contributed by atoms with Gasteiger partial charge in [0.1, 0.15) is 9.99 Å². The minimum atomic E-state index is 0.138. The van der Waals surface area contributed by atoms with Gasteiger partial charge < -0.3 is 4.79 Å². The van der Waals surface area contributed by atoms with Gasteiger partial charge in [-0.3, -0.25) is 0 Å². The van der Waals surface area contributed by atoms with Crippen molar-refractivity contribution in [2.24, 2.45) is 0 Å². The second-order valence-corrected chi connectivity index (χ2v) is 5.80. The molecule has 3 heteroatoms. The fraction of sp³-hybridized carbons (Fsp3) is 0.286. The van der Waals surface area contributed by atoms with Crippen molar-refractivity contribution < 1.29 is 4.79 Å². The topological polar surface area (TPSA) is 30.0 Å². The summed E-state index contributed by atoms with van der Waals surface area (Å²) in [5.74, 6) is 0. The van der Waals surface area contributed by atoms with E-state index >= 15 is 0 Å². The summed E-state index contributed by atoms with van der Waals surface area (Å²) in [4.78, 5) is 15.2. The highest BCUT2D eigenvalue weighted by Gasteiger charge is 2.43. The fourth-order valence-electron chi connectivity index (χ4n) is 2.35. The molecule has 17 heavy (non-hydrogen) atoms.